The van der Waals surface area contributed by atoms with Crippen LogP contribution in [0.15, 0.2) is 23.2 Å². The third-order valence-electron chi connectivity index (χ3n) is 6.20. The molecule has 0 unspecified atom stereocenters. The number of alkyl halides is 3. The Morgan fingerprint density at radius 2 is 1.74 bits per heavy atom. The maximum absolute atomic E-state index is 13.0. The topological polar surface area (TPSA) is 15.6 Å². The summed E-state index contributed by atoms with van der Waals surface area (Å²) in [6.45, 7) is 0.596. The van der Waals surface area contributed by atoms with E-state index < -0.39 is 11.7 Å². The van der Waals surface area contributed by atoms with Crippen LogP contribution in [0.4, 0.5) is 18.9 Å². The summed E-state index contributed by atoms with van der Waals surface area (Å²) in [4.78, 5) is 7.16. The van der Waals surface area contributed by atoms with Gasteiger partial charge in [0.1, 0.15) is 5.84 Å². The van der Waals surface area contributed by atoms with Gasteiger partial charge in [0.2, 0.25) is 0 Å². The van der Waals surface area contributed by atoms with Crippen LogP contribution in [0.25, 0.3) is 0 Å². The monoisotopic (exact) mass is 320 g/mol. The molecule has 2 atom stereocenters. The Balaban J connectivity index is 1.58. The van der Waals surface area contributed by atoms with Crippen LogP contribution in [0.3, 0.4) is 0 Å². The second-order valence-corrected chi connectivity index (χ2v) is 7.70. The van der Waals surface area contributed by atoms with Crippen molar-refractivity contribution in [1.82, 2.24) is 4.90 Å². The molecule has 0 amide bonds. The molecule has 6 rings (SSSR count). The SMILES string of the molecule is FC(F)(F)c1ccc2c(c1)CN1C(=N2)C2C[C@H]3CC1C[C@H](C2)C3. The van der Waals surface area contributed by atoms with Crippen molar-refractivity contribution in [2.45, 2.75) is 50.9 Å². The molecule has 0 spiro atoms. The first kappa shape index (κ1) is 13.9. The summed E-state index contributed by atoms with van der Waals surface area (Å²) >= 11 is 0. The molecule has 2 aliphatic carbocycles. The number of hydrogen-bond acceptors (Lipinski definition) is 2. The van der Waals surface area contributed by atoms with E-state index in [1.807, 2.05) is 0 Å². The number of aliphatic imine (C=N–C) groups is 1. The maximum atomic E-state index is 13.0. The summed E-state index contributed by atoms with van der Waals surface area (Å²) in [7, 11) is 0. The Morgan fingerprint density at radius 1 is 1.00 bits per heavy atom. The van der Waals surface area contributed by atoms with Gasteiger partial charge < -0.3 is 4.90 Å². The average molecular weight is 320 g/mol. The molecule has 5 aliphatic rings. The van der Waals surface area contributed by atoms with Gasteiger partial charge in [0.05, 0.1) is 11.3 Å². The third kappa shape index (κ3) is 2.12. The van der Waals surface area contributed by atoms with Crippen molar-refractivity contribution in [3.05, 3.63) is 29.3 Å². The molecule has 4 bridgehead atoms. The van der Waals surface area contributed by atoms with E-state index >= 15 is 0 Å². The van der Waals surface area contributed by atoms with Crippen LogP contribution in [0.1, 0.15) is 43.2 Å². The van der Waals surface area contributed by atoms with Crippen LogP contribution in [0, 0.1) is 17.8 Å². The number of benzene rings is 1. The molecule has 0 aromatic heterocycles. The largest absolute Gasteiger partial charge is 0.416 e. The van der Waals surface area contributed by atoms with Crippen molar-refractivity contribution in [3.63, 3.8) is 0 Å². The van der Waals surface area contributed by atoms with Crippen LogP contribution < -0.4 is 0 Å². The normalized spacial score (nSPS) is 34.7. The molecule has 5 heteroatoms. The molecule has 2 nitrogen and oxygen atoms in total. The van der Waals surface area contributed by atoms with Crippen molar-refractivity contribution >= 4 is 11.5 Å². The Labute approximate surface area is 133 Å². The fraction of sp³-hybridized carbons (Fsp3) is 0.611. The summed E-state index contributed by atoms with van der Waals surface area (Å²) in [5.41, 5.74) is 0.908. The fourth-order valence-electron chi connectivity index (χ4n) is 5.37. The summed E-state index contributed by atoms with van der Waals surface area (Å²) in [6.07, 6.45) is 1.89. The zero-order chi connectivity index (χ0) is 15.8. The van der Waals surface area contributed by atoms with E-state index in [-0.39, 0.29) is 0 Å². The summed E-state index contributed by atoms with van der Waals surface area (Å²) in [5, 5.41) is 0. The van der Waals surface area contributed by atoms with Crippen molar-refractivity contribution in [2.24, 2.45) is 22.7 Å². The zero-order valence-electron chi connectivity index (χ0n) is 12.8. The Kier molecular flexibility index (Phi) is 2.73. The predicted octanol–water partition coefficient (Wildman–Crippen LogP) is 4.76. The highest BCUT2D eigenvalue weighted by atomic mass is 19.4. The van der Waals surface area contributed by atoms with Crippen molar-refractivity contribution < 1.29 is 13.2 Å². The zero-order valence-corrected chi connectivity index (χ0v) is 12.8. The smallest absolute Gasteiger partial charge is 0.352 e. The lowest BCUT2D eigenvalue weighted by molar-refractivity contribution is -0.137. The first-order valence-electron chi connectivity index (χ1n) is 8.52. The van der Waals surface area contributed by atoms with Crippen LogP contribution in [-0.4, -0.2) is 16.8 Å². The Bertz CT molecular complexity index is 680. The molecule has 0 N–H and O–H groups in total. The van der Waals surface area contributed by atoms with E-state index in [1.54, 1.807) is 6.07 Å². The fourth-order valence-corrected chi connectivity index (χ4v) is 5.37. The van der Waals surface area contributed by atoms with Gasteiger partial charge in [0, 0.05) is 18.5 Å². The first-order valence-corrected chi connectivity index (χ1v) is 8.52. The molecule has 1 aromatic carbocycles. The van der Waals surface area contributed by atoms with Crippen LogP contribution in [0.2, 0.25) is 0 Å². The van der Waals surface area contributed by atoms with E-state index in [2.05, 4.69) is 4.90 Å². The van der Waals surface area contributed by atoms with Crippen molar-refractivity contribution in [2.75, 3.05) is 0 Å². The summed E-state index contributed by atoms with van der Waals surface area (Å²) in [5.74, 6) is 3.26. The van der Waals surface area contributed by atoms with E-state index in [0.29, 0.717) is 18.5 Å². The van der Waals surface area contributed by atoms with Gasteiger partial charge in [-0.15, -0.1) is 0 Å². The average Bonchev–Trinajstić information content (AvgIpc) is 2.66. The molecule has 3 aliphatic heterocycles. The van der Waals surface area contributed by atoms with Gasteiger partial charge in [-0.1, -0.05) is 0 Å². The first-order chi connectivity index (χ1) is 11.0. The lowest BCUT2D eigenvalue weighted by atomic mass is 9.68. The number of fused-ring (bicyclic) bond motifs is 1. The van der Waals surface area contributed by atoms with Gasteiger partial charge in [-0.25, -0.2) is 4.99 Å². The summed E-state index contributed by atoms with van der Waals surface area (Å²) < 4.78 is 38.9. The molecule has 0 radical (unpaired) electrons. The van der Waals surface area contributed by atoms with E-state index in [9.17, 15) is 13.2 Å². The van der Waals surface area contributed by atoms with E-state index in [1.165, 1.54) is 44.2 Å². The van der Waals surface area contributed by atoms with Gasteiger partial charge >= 0.3 is 6.18 Å². The number of rotatable bonds is 0. The van der Waals surface area contributed by atoms with E-state index in [0.717, 1.165) is 28.9 Å². The Morgan fingerprint density at radius 3 is 2.43 bits per heavy atom. The van der Waals surface area contributed by atoms with Gasteiger partial charge in [0.25, 0.3) is 0 Å². The number of amidine groups is 1. The minimum atomic E-state index is -4.28. The molecular formula is C18H19F3N2. The van der Waals surface area contributed by atoms with Crippen LogP contribution in [0.5, 0.6) is 0 Å². The second kappa shape index (κ2) is 4.52. The van der Waals surface area contributed by atoms with Gasteiger partial charge in [-0.3, -0.25) is 0 Å². The minimum Gasteiger partial charge on any atom is -0.352 e. The summed E-state index contributed by atoms with van der Waals surface area (Å²) in [6, 6.07) is 4.50. The van der Waals surface area contributed by atoms with Gasteiger partial charge in [0.15, 0.2) is 0 Å². The Hall–Kier alpha value is -1.52. The molecule has 3 heterocycles. The van der Waals surface area contributed by atoms with E-state index in [4.69, 9.17) is 4.99 Å². The molecule has 122 valence electrons. The predicted molar refractivity (Wildman–Crippen MR) is 81.4 cm³/mol. The molecule has 23 heavy (non-hydrogen) atoms. The second-order valence-electron chi connectivity index (χ2n) is 7.70. The number of nitrogens with zero attached hydrogens (tertiary/aromatic N) is 2. The highest BCUT2D eigenvalue weighted by Crippen LogP contribution is 2.50. The van der Waals surface area contributed by atoms with Crippen LogP contribution in [-0.2, 0) is 12.7 Å². The molecule has 4 fully saturated rings. The maximum Gasteiger partial charge on any atom is 0.416 e. The lowest BCUT2D eigenvalue weighted by Crippen LogP contribution is -2.42. The standard InChI is InChI=1S/C18H19F3N2/c19-18(20,21)14-1-2-16-13(8-14)9-23-15-6-10-3-11(7-15)5-12(4-10)17(23)22-16/h1-2,8,10-12,15H,3-7,9H2/t10-,11-,12?,15?/m0/s1. The third-order valence-corrected chi connectivity index (χ3v) is 6.20. The van der Waals surface area contributed by atoms with Gasteiger partial charge in [-0.05, 0) is 67.7 Å². The van der Waals surface area contributed by atoms with Crippen LogP contribution >= 0.6 is 0 Å². The van der Waals surface area contributed by atoms with Crippen molar-refractivity contribution in [1.29, 1.82) is 0 Å². The highest BCUT2D eigenvalue weighted by Gasteiger charge is 2.46. The molecule has 1 aromatic rings. The quantitative estimate of drug-likeness (QED) is 0.673. The number of halogens is 3. The molecule has 2 saturated heterocycles. The highest BCUT2D eigenvalue weighted by molar-refractivity contribution is 5.90. The molecular weight excluding hydrogens is 301 g/mol. The molecule has 2 saturated carbocycles. The minimum absolute atomic E-state index is 0.479. The van der Waals surface area contributed by atoms with Gasteiger partial charge in [-0.2, -0.15) is 13.2 Å². The number of hydrogen-bond donors (Lipinski definition) is 0. The lowest BCUT2D eigenvalue weighted by Gasteiger charge is -2.39. The van der Waals surface area contributed by atoms with Crippen molar-refractivity contribution in [3.8, 4) is 0 Å².